The largest absolute Gasteiger partial charge is 0.205 e. The Balaban J connectivity index is 3.60. The second-order valence-corrected chi connectivity index (χ2v) is 4.21. The van der Waals surface area contributed by atoms with Crippen LogP contribution in [0.2, 0.25) is 10.0 Å². The molecular weight excluding hydrogens is 229 g/mol. The summed E-state index contributed by atoms with van der Waals surface area (Å²) in [6.45, 7) is 5.04. The number of hydrogen-bond acceptors (Lipinski definition) is 0. The molecule has 0 aliphatic rings. The van der Waals surface area contributed by atoms with Gasteiger partial charge in [-0.25, -0.2) is 8.78 Å². The van der Waals surface area contributed by atoms with Crippen LogP contribution < -0.4 is 0 Å². The predicted octanol–water partition coefficient (Wildman–Crippen LogP) is 4.70. The van der Waals surface area contributed by atoms with Gasteiger partial charge in [0, 0.05) is 0 Å². The summed E-state index contributed by atoms with van der Waals surface area (Å²) in [6, 6.07) is 0. The summed E-state index contributed by atoms with van der Waals surface area (Å²) in [5.41, 5.74) is 0.517. The van der Waals surface area contributed by atoms with Crippen molar-refractivity contribution in [1.29, 1.82) is 0 Å². The minimum Gasteiger partial charge on any atom is -0.205 e. The van der Waals surface area contributed by atoms with E-state index in [0.29, 0.717) is 0 Å². The fourth-order valence-electron chi connectivity index (χ4n) is 1.44. The van der Waals surface area contributed by atoms with Crippen molar-refractivity contribution in [1.82, 2.24) is 0 Å². The third kappa shape index (κ3) is 1.73. The van der Waals surface area contributed by atoms with Crippen molar-refractivity contribution in [2.24, 2.45) is 0 Å². The topological polar surface area (TPSA) is 0 Å². The molecule has 0 spiro atoms. The van der Waals surface area contributed by atoms with E-state index in [1.54, 1.807) is 13.8 Å². The van der Waals surface area contributed by atoms with Gasteiger partial charge >= 0.3 is 0 Å². The van der Waals surface area contributed by atoms with E-state index in [-0.39, 0.29) is 27.1 Å². The highest BCUT2D eigenvalue weighted by Crippen LogP contribution is 2.36. The lowest BCUT2D eigenvalue weighted by Gasteiger charge is -2.14. The van der Waals surface area contributed by atoms with Crippen molar-refractivity contribution in [3.8, 4) is 0 Å². The van der Waals surface area contributed by atoms with Gasteiger partial charge in [-0.15, -0.1) is 0 Å². The second-order valence-electron chi connectivity index (χ2n) is 3.45. The van der Waals surface area contributed by atoms with Gasteiger partial charge in [-0.2, -0.15) is 0 Å². The molecule has 14 heavy (non-hydrogen) atoms. The van der Waals surface area contributed by atoms with Gasteiger partial charge in [-0.1, -0.05) is 37.0 Å². The van der Waals surface area contributed by atoms with E-state index in [9.17, 15) is 8.78 Å². The molecule has 1 aromatic rings. The van der Waals surface area contributed by atoms with Crippen LogP contribution in [0.15, 0.2) is 0 Å². The Hall–Kier alpha value is -0.340. The molecule has 0 unspecified atom stereocenters. The van der Waals surface area contributed by atoms with Crippen LogP contribution in [-0.4, -0.2) is 0 Å². The average molecular weight is 239 g/mol. The lowest BCUT2D eigenvalue weighted by molar-refractivity contribution is 0.568. The summed E-state index contributed by atoms with van der Waals surface area (Å²) < 4.78 is 27.0. The molecule has 0 N–H and O–H groups in total. The molecule has 0 saturated heterocycles. The zero-order valence-electron chi connectivity index (χ0n) is 8.09. The fourth-order valence-corrected chi connectivity index (χ4v) is 1.85. The minimum atomic E-state index is -0.637. The van der Waals surface area contributed by atoms with Crippen molar-refractivity contribution in [3.05, 3.63) is 32.8 Å². The molecule has 1 aromatic carbocycles. The van der Waals surface area contributed by atoms with Crippen molar-refractivity contribution < 1.29 is 8.78 Å². The zero-order valence-corrected chi connectivity index (χ0v) is 9.60. The van der Waals surface area contributed by atoms with Gasteiger partial charge in [0.05, 0.1) is 10.0 Å². The summed E-state index contributed by atoms with van der Waals surface area (Å²) in [5.74, 6) is -1.38. The zero-order chi connectivity index (χ0) is 11.0. The van der Waals surface area contributed by atoms with E-state index in [2.05, 4.69) is 0 Å². The van der Waals surface area contributed by atoms with Crippen LogP contribution in [0.25, 0.3) is 0 Å². The first-order valence-electron chi connectivity index (χ1n) is 4.20. The first-order valence-corrected chi connectivity index (χ1v) is 4.96. The van der Waals surface area contributed by atoms with E-state index in [1.807, 2.05) is 0 Å². The molecule has 0 saturated carbocycles. The van der Waals surface area contributed by atoms with Gasteiger partial charge < -0.3 is 0 Å². The van der Waals surface area contributed by atoms with Crippen molar-refractivity contribution in [3.63, 3.8) is 0 Å². The molecule has 0 bridgehead atoms. The number of hydrogen-bond donors (Lipinski definition) is 0. The smallest absolute Gasteiger partial charge is 0.147 e. The Kier molecular flexibility index (Phi) is 3.38. The second kappa shape index (κ2) is 4.03. The first kappa shape index (κ1) is 11.7. The van der Waals surface area contributed by atoms with E-state index in [0.717, 1.165) is 0 Å². The monoisotopic (exact) mass is 238 g/mol. The SMILES string of the molecule is Cc1c(F)c(Cl)c(Cl)c(F)c1C(C)C. The van der Waals surface area contributed by atoms with Crippen molar-refractivity contribution >= 4 is 23.2 Å². The Morgan fingerprint density at radius 3 is 1.86 bits per heavy atom. The quantitative estimate of drug-likeness (QED) is 0.492. The van der Waals surface area contributed by atoms with Gasteiger partial charge in [0.25, 0.3) is 0 Å². The highest BCUT2D eigenvalue weighted by molar-refractivity contribution is 6.42. The highest BCUT2D eigenvalue weighted by atomic mass is 35.5. The summed E-state index contributed by atoms with van der Waals surface area (Å²) in [7, 11) is 0. The van der Waals surface area contributed by atoms with Crippen LogP contribution in [0, 0.1) is 18.6 Å². The van der Waals surface area contributed by atoms with Crippen LogP contribution in [0.5, 0.6) is 0 Å². The summed E-state index contributed by atoms with van der Waals surface area (Å²) in [4.78, 5) is 0. The predicted molar refractivity (Wildman–Crippen MR) is 55.2 cm³/mol. The maximum Gasteiger partial charge on any atom is 0.147 e. The van der Waals surface area contributed by atoms with Gasteiger partial charge in [-0.3, -0.25) is 0 Å². The third-order valence-electron chi connectivity index (χ3n) is 2.13. The van der Waals surface area contributed by atoms with Crippen LogP contribution in [0.1, 0.15) is 30.9 Å². The molecule has 0 radical (unpaired) electrons. The van der Waals surface area contributed by atoms with Crippen LogP contribution in [0.4, 0.5) is 8.78 Å². The summed E-state index contributed by atoms with van der Waals surface area (Å²) in [5, 5.41) is -0.676. The van der Waals surface area contributed by atoms with Gasteiger partial charge in [0.2, 0.25) is 0 Å². The molecule has 0 atom stereocenters. The molecule has 1 rings (SSSR count). The molecule has 0 aliphatic heterocycles. The van der Waals surface area contributed by atoms with Gasteiger partial charge in [0.15, 0.2) is 0 Å². The Morgan fingerprint density at radius 2 is 1.43 bits per heavy atom. The number of benzene rings is 1. The normalized spacial score (nSPS) is 11.1. The molecule has 0 aliphatic carbocycles. The van der Waals surface area contributed by atoms with Crippen molar-refractivity contribution in [2.75, 3.05) is 0 Å². The molecule has 0 amide bonds. The average Bonchev–Trinajstić information content (AvgIpc) is 2.11. The van der Waals surface area contributed by atoms with Crippen LogP contribution in [-0.2, 0) is 0 Å². The standard InChI is InChI=1S/C10H10Cl2F2/c1-4(2)6-5(3)9(13)7(11)8(12)10(6)14/h4H,1-3H3. The molecular formula is C10H10Cl2F2. The molecule has 0 aromatic heterocycles. The molecule has 0 heterocycles. The third-order valence-corrected chi connectivity index (χ3v) is 2.93. The highest BCUT2D eigenvalue weighted by Gasteiger charge is 2.21. The van der Waals surface area contributed by atoms with E-state index in [4.69, 9.17) is 23.2 Å². The molecule has 78 valence electrons. The van der Waals surface area contributed by atoms with Crippen molar-refractivity contribution in [2.45, 2.75) is 26.7 Å². The minimum absolute atomic E-state index is 0.126. The summed E-state index contributed by atoms with van der Waals surface area (Å²) >= 11 is 11.1. The molecule has 0 fully saturated rings. The Bertz CT molecular complexity index is 344. The molecule has 0 nitrogen and oxygen atoms in total. The maximum atomic E-state index is 13.6. The Labute approximate surface area is 91.8 Å². The first-order chi connectivity index (χ1) is 6.37. The number of rotatable bonds is 1. The van der Waals surface area contributed by atoms with E-state index in [1.165, 1.54) is 6.92 Å². The molecule has 4 heteroatoms. The number of halogens is 4. The lowest BCUT2D eigenvalue weighted by Crippen LogP contribution is -2.02. The van der Waals surface area contributed by atoms with E-state index >= 15 is 0 Å². The van der Waals surface area contributed by atoms with Crippen LogP contribution in [0.3, 0.4) is 0 Å². The van der Waals surface area contributed by atoms with Crippen LogP contribution >= 0.6 is 23.2 Å². The fraction of sp³-hybridized carbons (Fsp3) is 0.400. The lowest BCUT2D eigenvalue weighted by atomic mass is 9.97. The summed E-state index contributed by atoms with van der Waals surface area (Å²) in [6.07, 6.45) is 0. The Morgan fingerprint density at radius 1 is 1.00 bits per heavy atom. The van der Waals surface area contributed by atoms with E-state index < -0.39 is 11.6 Å². The maximum absolute atomic E-state index is 13.6. The van der Waals surface area contributed by atoms with Gasteiger partial charge in [0.1, 0.15) is 11.6 Å². The van der Waals surface area contributed by atoms with Gasteiger partial charge in [-0.05, 0) is 24.0 Å².